The first-order valence-corrected chi connectivity index (χ1v) is 8.00. The third-order valence-electron chi connectivity index (χ3n) is 3.22. The van der Waals surface area contributed by atoms with Crippen molar-refractivity contribution in [2.45, 2.75) is 39.4 Å². The van der Waals surface area contributed by atoms with E-state index in [2.05, 4.69) is 32.2 Å². The maximum Gasteiger partial charge on any atom is 0.146 e. The van der Waals surface area contributed by atoms with Crippen molar-refractivity contribution in [3.63, 3.8) is 0 Å². The Morgan fingerprint density at radius 1 is 1.24 bits per heavy atom. The number of hydrogen-bond acceptors (Lipinski definition) is 3. The molecule has 0 amide bonds. The number of anilines is 1. The SMILES string of the molecule is CN(Cc1cccs1)c1ccc(CNC(C)(C)C)cc1F. The van der Waals surface area contributed by atoms with E-state index in [0.717, 1.165) is 12.1 Å². The number of rotatable bonds is 5. The molecule has 0 spiro atoms. The molecule has 0 radical (unpaired) electrons. The van der Waals surface area contributed by atoms with Crippen molar-refractivity contribution in [1.82, 2.24) is 5.32 Å². The Morgan fingerprint density at radius 3 is 2.57 bits per heavy atom. The molecule has 0 saturated heterocycles. The molecule has 2 rings (SSSR count). The van der Waals surface area contributed by atoms with Gasteiger partial charge in [-0.3, -0.25) is 0 Å². The van der Waals surface area contributed by atoms with Gasteiger partial charge < -0.3 is 10.2 Å². The largest absolute Gasteiger partial charge is 0.367 e. The van der Waals surface area contributed by atoms with Gasteiger partial charge >= 0.3 is 0 Å². The lowest BCUT2D eigenvalue weighted by molar-refractivity contribution is 0.423. The molecule has 0 unspecified atom stereocenters. The van der Waals surface area contributed by atoms with Crippen LogP contribution in [0.2, 0.25) is 0 Å². The molecule has 4 heteroatoms. The van der Waals surface area contributed by atoms with Crippen LogP contribution in [0.1, 0.15) is 31.2 Å². The van der Waals surface area contributed by atoms with E-state index in [-0.39, 0.29) is 11.4 Å². The zero-order valence-corrected chi connectivity index (χ0v) is 13.9. The lowest BCUT2D eigenvalue weighted by Gasteiger charge is -2.22. The highest BCUT2D eigenvalue weighted by Crippen LogP contribution is 2.22. The molecule has 2 nitrogen and oxygen atoms in total. The maximum atomic E-state index is 14.3. The maximum absolute atomic E-state index is 14.3. The van der Waals surface area contributed by atoms with Gasteiger partial charge in [0.15, 0.2) is 0 Å². The molecule has 0 aliphatic heterocycles. The lowest BCUT2D eigenvalue weighted by Crippen LogP contribution is -2.35. The Balaban J connectivity index is 2.04. The van der Waals surface area contributed by atoms with Gasteiger partial charge in [-0.2, -0.15) is 0 Å². The van der Waals surface area contributed by atoms with Gasteiger partial charge in [-0.05, 0) is 49.9 Å². The highest BCUT2D eigenvalue weighted by atomic mass is 32.1. The summed E-state index contributed by atoms with van der Waals surface area (Å²) in [6, 6.07) is 9.57. The molecule has 21 heavy (non-hydrogen) atoms. The molecule has 0 aliphatic carbocycles. The predicted octanol–water partition coefficient (Wildman–Crippen LogP) is 4.41. The quantitative estimate of drug-likeness (QED) is 0.880. The van der Waals surface area contributed by atoms with Crippen LogP contribution in [0.3, 0.4) is 0 Å². The lowest BCUT2D eigenvalue weighted by atomic mass is 10.1. The summed E-state index contributed by atoms with van der Waals surface area (Å²) in [5.41, 5.74) is 1.64. The van der Waals surface area contributed by atoms with Crippen molar-refractivity contribution >= 4 is 17.0 Å². The predicted molar refractivity (Wildman–Crippen MR) is 89.4 cm³/mol. The summed E-state index contributed by atoms with van der Waals surface area (Å²) < 4.78 is 14.3. The minimum Gasteiger partial charge on any atom is -0.367 e. The topological polar surface area (TPSA) is 15.3 Å². The van der Waals surface area contributed by atoms with E-state index in [4.69, 9.17) is 0 Å². The average molecular weight is 306 g/mol. The van der Waals surface area contributed by atoms with E-state index in [1.165, 1.54) is 4.88 Å². The molecular weight excluding hydrogens is 283 g/mol. The molecule has 114 valence electrons. The van der Waals surface area contributed by atoms with Crippen LogP contribution in [-0.2, 0) is 13.1 Å². The van der Waals surface area contributed by atoms with Gasteiger partial charge in [0.2, 0.25) is 0 Å². The van der Waals surface area contributed by atoms with Crippen LogP contribution < -0.4 is 10.2 Å². The van der Waals surface area contributed by atoms with E-state index in [1.807, 2.05) is 35.5 Å². The zero-order valence-electron chi connectivity index (χ0n) is 13.1. The second kappa shape index (κ2) is 6.58. The van der Waals surface area contributed by atoms with Crippen molar-refractivity contribution in [2.24, 2.45) is 0 Å². The van der Waals surface area contributed by atoms with Crippen LogP contribution in [-0.4, -0.2) is 12.6 Å². The van der Waals surface area contributed by atoms with E-state index < -0.39 is 0 Å². The molecule has 0 atom stereocenters. The van der Waals surface area contributed by atoms with Crippen LogP contribution >= 0.6 is 11.3 Å². The van der Waals surface area contributed by atoms with Gasteiger partial charge in [-0.15, -0.1) is 11.3 Å². The summed E-state index contributed by atoms with van der Waals surface area (Å²) >= 11 is 1.69. The Labute approximate surface area is 130 Å². The summed E-state index contributed by atoms with van der Waals surface area (Å²) in [4.78, 5) is 3.18. The first-order valence-electron chi connectivity index (χ1n) is 7.12. The minimum absolute atomic E-state index is 0.0328. The zero-order chi connectivity index (χ0) is 15.5. The van der Waals surface area contributed by atoms with E-state index in [9.17, 15) is 4.39 Å². The molecule has 0 saturated carbocycles. The highest BCUT2D eigenvalue weighted by Gasteiger charge is 2.12. The van der Waals surface area contributed by atoms with Gasteiger partial charge in [0, 0.05) is 24.0 Å². The smallest absolute Gasteiger partial charge is 0.146 e. The molecule has 0 fully saturated rings. The number of benzene rings is 1. The van der Waals surface area contributed by atoms with Crippen LogP contribution in [0.4, 0.5) is 10.1 Å². The second-order valence-corrected chi connectivity index (χ2v) is 7.36. The molecule has 0 bridgehead atoms. The molecule has 1 N–H and O–H groups in total. The average Bonchev–Trinajstić information content (AvgIpc) is 2.88. The fourth-order valence-electron chi connectivity index (χ4n) is 2.06. The van der Waals surface area contributed by atoms with E-state index in [1.54, 1.807) is 17.4 Å². The number of thiophene rings is 1. The van der Waals surface area contributed by atoms with Crippen LogP contribution in [0.25, 0.3) is 0 Å². The summed E-state index contributed by atoms with van der Waals surface area (Å²) in [6.45, 7) is 7.72. The highest BCUT2D eigenvalue weighted by molar-refractivity contribution is 7.09. The van der Waals surface area contributed by atoms with Gasteiger partial charge in [0.05, 0.1) is 12.2 Å². The third-order valence-corrected chi connectivity index (χ3v) is 4.08. The van der Waals surface area contributed by atoms with Gasteiger partial charge in [0.25, 0.3) is 0 Å². The fourth-order valence-corrected chi connectivity index (χ4v) is 2.82. The van der Waals surface area contributed by atoms with Crippen LogP contribution in [0.15, 0.2) is 35.7 Å². The van der Waals surface area contributed by atoms with Crippen LogP contribution in [0.5, 0.6) is 0 Å². The fraction of sp³-hybridized carbons (Fsp3) is 0.412. The first kappa shape index (κ1) is 16.0. The molecule has 1 heterocycles. The first-order chi connectivity index (χ1) is 9.85. The number of hydrogen-bond donors (Lipinski definition) is 1. The van der Waals surface area contributed by atoms with E-state index in [0.29, 0.717) is 12.2 Å². The standard InChI is InChI=1S/C17H23FN2S/c1-17(2,3)19-11-13-7-8-16(15(18)10-13)20(4)12-14-6-5-9-21-14/h5-10,19H,11-12H2,1-4H3. The summed E-state index contributed by atoms with van der Waals surface area (Å²) in [6.07, 6.45) is 0. The normalized spacial score (nSPS) is 11.7. The molecule has 1 aromatic heterocycles. The van der Waals surface area contributed by atoms with Gasteiger partial charge in [-0.1, -0.05) is 12.1 Å². The summed E-state index contributed by atoms with van der Waals surface area (Å²) in [5.74, 6) is -0.165. The Kier molecular flexibility index (Phi) is 5.01. The minimum atomic E-state index is -0.165. The van der Waals surface area contributed by atoms with Crippen LogP contribution in [0, 0.1) is 5.82 Å². The molecular formula is C17H23FN2S. The Bertz CT molecular complexity index is 573. The number of nitrogens with zero attached hydrogens (tertiary/aromatic N) is 1. The summed E-state index contributed by atoms with van der Waals surface area (Å²) in [7, 11) is 1.92. The molecule has 1 aromatic carbocycles. The van der Waals surface area contributed by atoms with Crippen molar-refractivity contribution in [3.8, 4) is 0 Å². The van der Waals surface area contributed by atoms with Crippen molar-refractivity contribution in [1.29, 1.82) is 0 Å². The third kappa shape index (κ3) is 4.83. The second-order valence-electron chi connectivity index (χ2n) is 6.32. The van der Waals surface area contributed by atoms with Gasteiger partial charge in [0.1, 0.15) is 5.82 Å². The Hall–Kier alpha value is -1.39. The van der Waals surface area contributed by atoms with E-state index >= 15 is 0 Å². The van der Waals surface area contributed by atoms with Gasteiger partial charge in [-0.25, -0.2) is 4.39 Å². The van der Waals surface area contributed by atoms with Crippen molar-refractivity contribution < 1.29 is 4.39 Å². The summed E-state index contributed by atoms with van der Waals surface area (Å²) in [5, 5.41) is 5.41. The molecule has 2 aromatic rings. The monoisotopic (exact) mass is 306 g/mol. The molecule has 0 aliphatic rings. The van der Waals surface area contributed by atoms with Crippen molar-refractivity contribution in [2.75, 3.05) is 11.9 Å². The Morgan fingerprint density at radius 2 is 2.00 bits per heavy atom. The van der Waals surface area contributed by atoms with Crippen molar-refractivity contribution in [3.05, 3.63) is 52.0 Å². The number of nitrogens with one attached hydrogen (secondary N) is 1. The number of halogens is 1.